The number of nitrogens with zero attached hydrogens (tertiary/aromatic N) is 1. The molecule has 0 saturated carbocycles. The fraction of sp³-hybridized carbons (Fsp3) is 0.833. The Morgan fingerprint density at radius 2 is 2.24 bits per heavy atom. The summed E-state index contributed by atoms with van der Waals surface area (Å²) in [5.74, 6) is -0.822. The van der Waals surface area contributed by atoms with Gasteiger partial charge in [0.2, 0.25) is 5.91 Å². The van der Waals surface area contributed by atoms with Gasteiger partial charge in [-0.05, 0) is 26.7 Å². The molecule has 0 aromatic carbocycles. The Morgan fingerprint density at radius 1 is 1.59 bits per heavy atom. The summed E-state index contributed by atoms with van der Waals surface area (Å²) in [5, 5.41) is 11.9. The predicted octanol–water partition coefficient (Wildman–Crippen LogP) is 0.840. The summed E-state index contributed by atoms with van der Waals surface area (Å²) in [5.41, 5.74) is -0.147. The van der Waals surface area contributed by atoms with E-state index in [1.54, 1.807) is 0 Å². The lowest BCUT2D eigenvalue weighted by Gasteiger charge is -2.43. The average molecular weight is 242 g/mol. The number of amides is 1. The van der Waals surface area contributed by atoms with Gasteiger partial charge in [0.25, 0.3) is 0 Å². The van der Waals surface area contributed by atoms with E-state index in [1.165, 1.54) is 0 Å². The predicted molar refractivity (Wildman–Crippen MR) is 64.7 cm³/mol. The molecule has 5 nitrogen and oxygen atoms in total. The molecule has 17 heavy (non-hydrogen) atoms. The number of carbonyl (C=O) groups is 2. The molecular weight excluding hydrogens is 220 g/mol. The van der Waals surface area contributed by atoms with E-state index in [-0.39, 0.29) is 23.9 Å². The van der Waals surface area contributed by atoms with Gasteiger partial charge in [0.1, 0.15) is 0 Å². The lowest BCUT2D eigenvalue weighted by atomic mass is 9.95. The molecule has 1 heterocycles. The van der Waals surface area contributed by atoms with E-state index in [1.807, 2.05) is 25.7 Å². The lowest BCUT2D eigenvalue weighted by molar-refractivity contribution is -0.140. The van der Waals surface area contributed by atoms with Crippen molar-refractivity contribution in [1.29, 1.82) is 0 Å². The van der Waals surface area contributed by atoms with E-state index < -0.39 is 5.97 Å². The highest BCUT2D eigenvalue weighted by atomic mass is 16.4. The van der Waals surface area contributed by atoms with Gasteiger partial charge in [0.15, 0.2) is 0 Å². The first kappa shape index (κ1) is 14.0. The Labute approximate surface area is 102 Å². The van der Waals surface area contributed by atoms with Crippen LogP contribution in [0.25, 0.3) is 0 Å². The van der Waals surface area contributed by atoms with Crippen LogP contribution in [0.5, 0.6) is 0 Å². The fourth-order valence-electron chi connectivity index (χ4n) is 2.28. The van der Waals surface area contributed by atoms with Gasteiger partial charge in [-0.15, -0.1) is 0 Å². The van der Waals surface area contributed by atoms with Crippen molar-refractivity contribution < 1.29 is 14.7 Å². The Bertz CT molecular complexity index is 302. The van der Waals surface area contributed by atoms with E-state index in [0.717, 1.165) is 13.0 Å². The number of carboxylic acids is 1. The molecular formula is C12H22N2O3. The fourth-order valence-corrected chi connectivity index (χ4v) is 2.28. The second-order valence-corrected chi connectivity index (χ2v) is 5.27. The normalized spacial score (nSPS) is 23.8. The van der Waals surface area contributed by atoms with Crippen molar-refractivity contribution in [1.82, 2.24) is 10.2 Å². The molecule has 1 amide bonds. The van der Waals surface area contributed by atoms with E-state index in [4.69, 9.17) is 5.11 Å². The molecule has 0 aliphatic carbocycles. The maximum atomic E-state index is 12.1. The Kier molecular flexibility index (Phi) is 4.51. The zero-order valence-corrected chi connectivity index (χ0v) is 10.8. The minimum absolute atomic E-state index is 0.0272. The van der Waals surface area contributed by atoms with Crippen LogP contribution in [0.3, 0.4) is 0 Å². The van der Waals surface area contributed by atoms with Gasteiger partial charge in [-0.2, -0.15) is 0 Å². The van der Waals surface area contributed by atoms with Crippen LogP contribution in [0.2, 0.25) is 0 Å². The van der Waals surface area contributed by atoms with E-state index >= 15 is 0 Å². The second kappa shape index (κ2) is 5.49. The van der Waals surface area contributed by atoms with E-state index in [9.17, 15) is 9.59 Å². The van der Waals surface area contributed by atoms with Crippen molar-refractivity contribution in [2.45, 2.75) is 51.6 Å². The Balaban J connectivity index is 2.67. The van der Waals surface area contributed by atoms with Crippen LogP contribution in [0, 0.1) is 0 Å². The minimum atomic E-state index is -0.856. The summed E-state index contributed by atoms with van der Waals surface area (Å²) < 4.78 is 0. The topological polar surface area (TPSA) is 69.6 Å². The van der Waals surface area contributed by atoms with Crippen LogP contribution in [-0.2, 0) is 9.59 Å². The maximum Gasteiger partial charge on any atom is 0.303 e. The Morgan fingerprint density at radius 3 is 2.76 bits per heavy atom. The monoisotopic (exact) mass is 242 g/mol. The molecule has 1 aliphatic rings. The highest BCUT2D eigenvalue weighted by molar-refractivity contribution is 5.83. The van der Waals surface area contributed by atoms with Gasteiger partial charge < -0.3 is 10.0 Å². The molecule has 0 aromatic heterocycles. The molecule has 98 valence electrons. The zero-order chi connectivity index (χ0) is 13.1. The lowest BCUT2D eigenvalue weighted by Crippen LogP contribution is -2.64. The number of nitrogens with one attached hydrogen (secondary N) is 1. The van der Waals surface area contributed by atoms with Crippen LogP contribution >= 0.6 is 0 Å². The van der Waals surface area contributed by atoms with E-state index in [0.29, 0.717) is 13.0 Å². The smallest absolute Gasteiger partial charge is 0.303 e. The summed E-state index contributed by atoms with van der Waals surface area (Å²) >= 11 is 0. The molecule has 1 atom stereocenters. The molecule has 1 rings (SSSR count). The van der Waals surface area contributed by atoms with Crippen molar-refractivity contribution in [2.75, 3.05) is 13.1 Å². The maximum absolute atomic E-state index is 12.1. The summed E-state index contributed by atoms with van der Waals surface area (Å²) in [6.45, 7) is 7.54. The number of aliphatic carboxylic acids is 1. The van der Waals surface area contributed by atoms with Crippen LogP contribution in [0.15, 0.2) is 0 Å². The number of rotatable bonds is 5. The number of piperazine rings is 1. The number of carboxylic acid groups (broad SMARTS) is 1. The first-order chi connectivity index (χ1) is 7.85. The second-order valence-electron chi connectivity index (χ2n) is 5.27. The quantitative estimate of drug-likeness (QED) is 0.749. The first-order valence-electron chi connectivity index (χ1n) is 6.14. The van der Waals surface area contributed by atoms with Crippen molar-refractivity contribution in [2.24, 2.45) is 0 Å². The van der Waals surface area contributed by atoms with Crippen LogP contribution in [-0.4, -0.2) is 46.6 Å². The molecule has 1 saturated heterocycles. The van der Waals surface area contributed by atoms with Gasteiger partial charge >= 0.3 is 5.97 Å². The summed E-state index contributed by atoms with van der Waals surface area (Å²) in [4.78, 5) is 24.5. The van der Waals surface area contributed by atoms with E-state index in [2.05, 4.69) is 5.32 Å². The summed E-state index contributed by atoms with van der Waals surface area (Å²) in [6, 6.07) is -0.360. The van der Waals surface area contributed by atoms with Crippen molar-refractivity contribution in [3.63, 3.8) is 0 Å². The third-order valence-corrected chi connectivity index (χ3v) is 2.90. The highest BCUT2D eigenvalue weighted by Gasteiger charge is 2.37. The van der Waals surface area contributed by atoms with Crippen molar-refractivity contribution in [3.8, 4) is 0 Å². The largest absolute Gasteiger partial charge is 0.481 e. The van der Waals surface area contributed by atoms with Gasteiger partial charge in [-0.3, -0.25) is 14.9 Å². The van der Waals surface area contributed by atoms with Crippen LogP contribution in [0.4, 0.5) is 0 Å². The summed E-state index contributed by atoms with van der Waals surface area (Å²) in [7, 11) is 0. The van der Waals surface area contributed by atoms with Crippen molar-refractivity contribution in [3.05, 3.63) is 0 Å². The van der Waals surface area contributed by atoms with Crippen molar-refractivity contribution >= 4 is 11.9 Å². The molecule has 2 N–H and O–H groups in total. The van der Waals surface area contributed by atoms with Crippen LogP contribution in [0.1, 0.15) is 40.0 Å². The number of hydrogen-bond donors (Lipinski definition) is 2. The Hall–Kier alpha value is -1.10. The van der Waals surface area contributed by atoms with Gasteiger partial charge in [0.05, 0.1) is 6.04 Å². The summed E-state index contributed by atoms with van der Waals surface area (Å²) in [6.07, 6.45) is 1.31. The van der Waals surface area contributed by atoms with Gasteiger partial charge in [-0.1, -0.05) is 6.92 Å². The first-order valence-corrected chi connectivity index (χ1v) is 6.14. The number of hydrogen-bond acceptors (Lipinski definition) is 3. The molecule has 1 aliphatic heterocycles. The molecule has 0 aromatic rings. The minimum Gasteiger partial charge on any atom is -0.481 e. The van der Waals surface area contributed by atoms with Gasteiger partial charge in [-0.25, -0.2) is 0 Å². The zero-order valence-electron chi connectivity index (χ0n) is 10.8. The average Bonchev–Trinajstić information content (AvgIpc) is 2.20. The third kappa shape index (κ3) is 4.00. The van der Waals surface area contributed by atoms with Gasteiger partial charge in [0, 0.05) is 25.0 Å². The highest BCUT2D eigenvalue weighted by Crippen LogP contribution is 2.18. The molecule has 1 unspecified atom stereocenters. The SMILES string of the molecule is CCCN1CC(C)(C)NC(CCC(=O)O)C1=O. The molecule has 5 heteroatoms. The molecule has 0 radical (unpaired) electrons. The molecule has 0 bridgehead atoms. The third-order valence-electron chi connectivity index (χ3n) is 2.90. The standard InChI is InChI=1S/C12H22N2O3/c1-4-7-14-8-12(2,3)13-9(11(14)17)5-6-10(15)16/h9,13H,4-8H2,1-3H3,(H,15,16). The van der Waals surface area contributed by atoms with Crippen LogP contribution < -0.4 is 5.32 Å². The number of carbonyl (C=O) groups excluding carboxylic acids is 1. The molecule has 1 fully saturated rings. The molecule has 0 spiro atoms.